The van der Waals surface area contributed by atoms with E-state index >= 15 is 0 Å². The van der Waals surface area contributed by atoms with Gasteiger partial charge in [0.05, 0.1) is 5.02 Å². The van der Waals surface area contributed by atoms with Crippen LogP contribution in [0.25, 0.3) is 0 Å². The van der Waals surface area contributed by atoms with Crippen molar-refractivity contribution in [2.75, 3.05) is 13.6 Å². The fourth-order valence-electron chi connectivity index (χ4n) is 1.47. The molecule has 2 nitrogen and oxygen atoms in total. The summed E-state index contributed by atoms with van der Waals surface area (Å²) in [5.74, 6) is -0.378. The van der Waals surface area contributed by atoms with Gasteiger partial charge in [-0.15, -0.1) is 0 Å². The van der Waals surface area contributed by atoms with Crippen LogP contribution in [0.2, 0.25) is 5.02 Å². The molecule has 1 atom stereocenters. The summed E-state index contributed by atoms with van der Waals surface area (Å²) >= 11 is 5.75. The maximum atomic E-state index is 13.0. The third-order valence-corrected chi connectivity index (χ3v) is 2.71. The summed E-state index contributed by atoms with van der Waals surface area (Å²) < 4.78 is 13.0. The number of halogens is 2. The molecule has 0 saturated carbocycles. The van der Waals surface area contributed by atoms with Gasteiger partial charge in [-0.2, -0.15) is 0 Å². The second-order valence-corrected chi connectivity index (χ2v) is 4.48. The van der Waals surface area contributed by atoms with E-state index in [1.807, 2.05) is 7.05 Å². The van der Waals surface area contributed by atoms with Crippen molar-refractivity contribution in [3.05, 3.63) is 34.6 Å². The Labute approximate surface area is 101 Å². The number of likely N-dealkylation sites (N-methyl/N-ethyl adjacent to an activating group) is 1. The second-order valence-electron chi connectivity index (χ2n) is 4.08. The Morgan fingerprint density at radius 2 is 2.06 bits per heavy atom. The molecular formula is C12H18ClFN2. The van der Waals surface area contributed by atoms with Gasteiger partial charge >= 0.3 is 0 Å². The molecule has 1 unspecified atom stereocenters. The highest BCUT2D eigenvalue weighted by molar-refractivity contribution is 6.30. The first-order valence-electron chi connectivity index (χ1n) is 5.40. The predicted octanol–water partition coefficient (Wildman–Crippen LogP) is 2.74. The highest BCUT2D eigenvalue weighted by Crippen LogP contribution is 2.20. The fraction of sp³-hybridized carbons (Fsp3) is 0.500. The molecule has 0 aliphatic carbocycles. The van der Waals surface area contributed by atoms with Crippen LogP contribution >= 0.6 is 11.6 Å². The summed E-state index contributed by atoms with van der Waals surface area (Å²) in [6.45, 7) is 4.96. The second kappa shape index (κ2) is 6.18. The molecule has 1 aromatic rings. The van der Waals surface area contributed by atoms with Crippen molar-refractivity contribution >= 4 is 11.6 Å². The number of hydrogen-bond acceptors (Lipinski definition) is 2. The topological polar surface area (TPSA) is 24.1 Å². The minimum Gasteiger partial charge on any atom is -0.313 e. The molecule has 90 valence electrons. The molecule has 4 heteroatoms. The molecule has 0 radical (unpaired) electrons. The first-order chi connectivity index (χ1) is 7.54. The van der Waals surface area contributed by atoms with E-state index in [4.69, 9.17) is 11.6 Å². The maximum Gasteiger partial charge on any atom is 0.141 e. The molecular weight excluding hydrogens is 227 g/mol. The summed E-state index contributed by atoms with van der Waals surface area (Å²) in [5.41, 5.74) is 0.988. The average molecular weight is 245 g/mol. The third kappa shape index (κ3) is 3.74. The summed E-state index contributed by atoms with van der Waals surface area (Å²) in [6.07, 6.45) is 0. The van der Waals surface area contributed by atoms with Gasteiger partial charge in [0.15, 0.2) is 0 Å². The lowest BCUT2D eigenvalue weighted by Gasteiger charge is -2.19. The predicted molar refractivity (Wildman–Crippen MR) is 66.3 cm³/mol. The number of benzene rings is 1. The van der Waals surface area contributed by atoms with E-state index < -0.39 is 0 Å². The lowest BCUT2D eigenvalue weighted by atomic mass is 10.1. The van der Waals surface area contributed by atoms with Gasteiger partial charge in [-0.1, -0.05) is 31.5 Å². The minimum atomic E-state index is -0.378. The van der Waals surface area contributed by atoms with Crippen LogP contribution in [0.4, 0.5) is 4.39 Å². The SMILES string of the molecule is CNC(CNC(C)C)c1ccc(F)c(Cl)c1. The van der Waals surface area contributed by atoms with Gasteiger partial charge in [0.2, 0.25) is 0 Å². The van der Waals surface area contributed by atoms with Crippen molar-refractivity contribution in [2.45, 2.75) is 25.9 Å². The van der Waals surface area contributed by atoms with Crippen molar-refractivity contribution < 1.29 is 4.39 Å². The average Bonchev–Trinajstić information content (AvgIpc) is 2.23. The summed E-state index contributed by atoms with van der Waals surface area (Å²) in [4.78, 5) is 0. The summed E-state index contributed by atoms with van der Waals surface area (Å²) in [5, 5.41) is 6.68. The molecule has 0 spiro atoms. The van der Waals surface area contributed by atoms with Gasteiger partial charge in [0, 0.05) is 18.6 Å². The van der Waals surface area contributed by atoms with Crippen molar-refractivity contribution in [1.29, 1.82) is 0 Å². The van der Waals surface area contributed by atoms with Gasteiger partial charge in [0.1, 0.15) is 5.82 Å². The van der Waals surface area contributed by atoms with Gasteiger partial charge in [-0.25, -0.2) is 4.39 Å². The van der Waals surface area contributed by atoms with E-state index in [-0.39, 0.29) is 16.9 Å². The van der Waals surface area contributed by atoms with Crippen molar-refractivity contribution in [3.63, 3.8) is 0 Å². The van der Waals surface area contributed by atoms with Gasteiger partial charge in [-0.05, 0) is 24.7 Å². The van der Waals surface area contributed by atoms with Crippen LogP contribution in [0.15, 0.2) is 18.2 Å². The minimum absolute atomic E-state index is 0.139. The van der Waals surface area contributed by atoms with Crippen LogP contribution in [0.3, 0.4) is 0 Å². The number of hydrogen-bond donors (Lipinski definition) is 2. The Morgan fingerprint density at radius 1 is 1.38 bits per heavy atom. The van der Waals surface area contributed by atoms with E-state index in [0.29, 0.717) is 6.04 Å². The lowest BCUT2D eigenvalue weighted by molar-refractivity contribution is 0.490. The van der Waals surface area contributed by atoms with Crippen molar-refractivity contribution in [3.8, 4) is 0 Å². The van der Waals surface area contributed by atoms with Crippen LogP contribution in [-0.2, 0) is 0 Å². The van der Waals surface area contributed by atoms with Crippen LogP contribution in [0, 0.1) is 5.82 Å². The van der Waals surface area contributed by atoms with Gasteiger partial charge in [0.25, 0.3) is 0 Å². The molecule has 0 bridgehead atoms. The molecule has 16 heavy (non-hydrogen) atoms. The van der Waals surface area contributed by atoms with E-state index in [1.165, 1.54) is 6.07 Å². The Morgan fingerprint density at radius 3 is 2.56 bits per heavy atom. The Bertz CT molecular complexity index is 342. The molecule has 0 fully saturated rings. The largest absolute Gasteiger partial charge is 0.313 e. The van der Waals surface area contributed by atoms with Gasteiger partial charge in [-0.3, -0.25) is 0 Å². The molecule has 0 aromatic heterocycles. The van der Waals surface area contributed by atoms with Crippen LogP contribution in [-0.4, -0.2) is 19.6 Å². The molecule has 0 amide bonds. The first-order valence-corrected chi connectivity index (χ1v) is 5.78. The molecule has 2 N–H and O–H groups in total. The maximum absolute atomic E-state index is 13.0. The fourth-order valence-corrected chi connectivity index (χ4v) is 1.66. The number of nitrogens with one attached hydrogen (secondary N) is 2. The van der Waals surface area contributed by atoms with E-state index in [2.05, 4.69) is 24.5 Å². The van der Waals surface area contributed by atoms with Crippen molar-refractivity contribution in [1.82, 2.24) is 10.6 Å². The molecule has 0 heterocycles. The lowest BCUT2D eigenvalue weighted by Crippen LogP contribution is -2.33. The quantitative estimate of drug-likeness (QED) is 0.832. The molecule has 1 aromatic carbocycles. The van der Waals surface area contributed by atoms with Crippen LogP contribution < -0.4 is 10.6 Å². The zero-order chi connectivity index (χ0) is 12.1. The summed E-state index contributed by atoms with van der Waals surface area (Å²) in [7, 11) is 1.88. The Hall–Kier alpha value is -0.640. The smallest absolute Gasteiger partial charge is 0.141 e. The zero-order valence-corrected chi connectivity index (χ0v) is 10.6. The molecule has 1 rings (SSSR count). The van der Waals surface area contributed by atoms with E-state index in [9.17, 15) is 4.39 Å². The first kappa shape index (κ1) is 13.4. The van der Waals surface area contributed by atoms with Gasteiger partial charge < -0.3 is 10.6 Å². The zero-order valence-electron chi connectivity index (χ0n) is 9.85. The van der Waals surface area contributed by atoms with Crippen LogP contribution in [0.5, 0.6) is 0 Å². The number of rotatable bonds is 5. The third-order valence-electron chi connectivity index (χ3n) is 2.42. The molecule has 0 saturated heterocycles. The summed E-state index contributed by atoms with van der Waals surface area (Å²) in [6, 6.07) is 5.38. The monoisotopic (exact) mass is 244 g/mol. The molecule has 0 aliphatic heterocycles. The highest BCUT2D eigenvalue weighted by atomic mass is 35.5. The van der Waals surface area contributed by atoms with E-state index in [0.717, 1.165) is 12.1 Å². The highest BCUT2D eigenvalue weighted by Gasteiger charge is 2.11. The van der Waals surface area contributed by atoms with E-state index in [1.54, 1.807) is 12.1 Å². The Kier molecular flexibility index (Phi) is 5.19. The molecule has 0 aliphatic rings. The standard InChI is InChI=1S/C12H18ClFN2/c1-8(2)16-7-12(15-3)9-4-5-11(14)10(13)6-9/h4-6,8,12,15-16H,7H2,1-3H3. The normalized spacial score (nSPS) is 13.1. The van der Waals surface area contributed by atoms with Crippen molar-refractivity contribution in [2.24, 2.45) is 0 Å². The van der Waals surface area contributed by atoms with Crippen LogP contribution in [0.1, 0.15) is 25.5 Å². The Balaban J connectivity index is 2.74.